The molecule has 6 nitrogen and oxygen atoms in total. The van der Waals surface area contributed by atoms with Gasteiger partial charge in [-0.3, -0.25) is 0 Å². The molecule has 1 unspecified atom stereocenters. The van der Waals surface area contributed by atoms with Gasteiger partial charge in [-0.2, -0.15) is 0 Å². The maximum atomic E-state index is 11.3. The summed E-state index contributed by atoms with van der Waals surface area (Å²) in [4.78, 5) is 11.3. The van der Waals surface area contributed by atoms with Crippen molar-refractivity contribution in [2.24, 2.45) is 0 Å². The second-order valence-corrected chi connectivity index (χ2v) is 7.56. The van der Waals surface area contributed by atoms with Crippen LogP contribution in [-0.2, 0) is 14.6 Å². The lowest BCUT2D eigenvalue weighted by molar-refractivity contribution is 0.0528. The minimum Gasteiger partial charge on any atom is -0.444 e. The molecule has 0 radical (unpaired) electrons. The Kier molecular flexibility index (Phi) is 6.62. The highest BCUT2D eigenvalue weighted by atomic mass is 32.2. The molecule has 0 rings (SSSR count). The van der Waals surface area contributed by atoms with Crippen LogP contribution in [0, 0.1) is 0 Å². The van der Waals surface area contributed by atoms with Crippen molar-refractivity contribution in [1.82, 2.24) is 10.6 Å². The first kappa shape index (κ1) is 17.2. The van der Waals surface area contributed by atoms with E-state index >= 15 is 0 Å². The number of sulfone groups is 1. The van der Waals surface area contributed by atoms with Crippen LogP contribution in [-0.4, -0.2) is 51.3 Å². The molecule has 18 heavy (non-hydrogen) atoms. The van der Waals surface area contributed by atoms with Crippen molar-refractivity contribution < 1.29 is 17.9 Å². The molecule has 0 bridgehead atoms. The van der Waals surface area contributed by atoms with Crippen LogP contribution in [0.1, 0.15) is 27.7 Å². The average Bonchev–Trinajstić information content (AvgIpc) is 2.06. The van der Waals surface area contributed by atoms with Gasteiger partial charge >= 0.3 is 6.09 Å². The molecule has 0 heterocycles. The van der Waals surface area contributed by atoms with Crippen LogP contribution in [0.3, 0.4) is 0 Å². The molecule has 0 saturated heterocycles. The Morgan fingerprint density at radius 3 is 2.28 bits per heavy atom. The average molecular weight is 280 g/mol. The SMILES string of the molecule is CC(CS(C)(=O)=O)NCCNC(=O)OC(C)(C)C. The van der Waals surface area contributed by atoms with Crippen LogP contribution in [0.15, 0.2) is 0 Å². The van der Waals surface area contributed by atoms with Gasteiger partial charge in [0, 0.05) is 25.4 Å². The number of amides is 1. The maximum absolute atomic E-state index is 11.3. The fourth-order valence-corrected chi connectivity index (χ4v) is 2.34. The lowest BCUT2D eigenvalue weighted by Crippen LogP contribution is -2.40. The highest BCUT2D eigenvalue weighted by Gasteiger charge is 2.15. The highest BCUT2D eigenvalue weighted by molar-refractivity contribution is 7.90. The molecule has 1 amide bonds. The van der Waals surface area contributed by atoms with E-state index in [4.69, 9.17) is 4.74 Å². The van der Waals surface area contributed by atoms with Crippen LogP contribution in [0.5, 0.6) is 0 Å². The van der Waals surface area contributed by atoms with Crippen LogP contribution in [0.25, 0.3) is 0 Å². The third kappa shape index (κ3) is 11.7. The smallest absolute Gasteiger partial charge is 0.407 e. The first-order chi connectivity index (χ1) is 7.99. The molecule has 7 heteroatoms. The van der Waals surface area contributed by atoms with Gasteiger partial charge in [-0.15, -0.1) is 0 Å². The van der Waals surface area contributed by atoms with Crippen LogP contribution < -0.4 is 10.6 Å². The molecule has 0 aromatic carbocycles. The summed E-state index contributed by atoms with van der Waals surface area (Å²) in [6.07, 6.45) is 0.726. The summed E-state index contributed by atoms with van der Waals surface area (Å²) in [6.45, 7) is 8.05. The van der Waals surface area contributed by atoms with Gasteiger partial charge in [0.1, 0.15) is 15.4 Å². The van der Waals surface area contributed by atoms with Crippen molar-refractivity contribution in [2.75, 3.05) is 25.1 Å². The van der Waals surface area contributed by atoms with Gasteiger partial charge in [0.2, 0.25) is 0 Å². The largest absolute Gasteiger partial charge is 0.444 e. The molecule has 108 valence electrons. The Balaban J connectivity index is 3.71. The number of rotatable bonds is 6. The quantitative estimate of drug-likeness (QED) is 0.693. The van der Waals surface area contributed by atoms with Gasteiger partial charge < -0.3 is 15.4 Å². The van der Waals surface area contributed by atoms with E-state index in [1.165, 1.54) is 6.26 Å². The molecule has 0 saturated carbocycles. The van der Waals surface area contributed by atoms with Crippen LogP contribution in [0.4, 0.5) is 4.79 Å². The monoisotopic (exact) mass is 280 g/mol. The Morgan fingerprint density at radius 1 is 1.28 bits per heavy atom. The molecule has 1 atom stereocenters. The van der Waals surface area contributed by atoms with E-state index in [-0.39, 0.29) is 11.8 Å². The van der Waals surface area contributed by atoms with Gasteiger partial charge in [0.05, 0.1) is 5.75 Å². The van der Waals surface area contributed by atoms with Crippen LogP contribution >= 0.6 is 0 Å². The number of nitrogens with one attached hydrogen (secondary N) is 2. The molecule has 0 aliphatic heterocycles. The van der Waals surface area contributed by atoms with Crippen LogP contribution in [0.2, 0.25) is 0 Å². The van der Waals surface area contributed by atoms with Gasteiger partial charge in [0.25, 0.3) is 0 Å². The normalized spacial score (nSPS) is 14.1. The standard InChI is InChI=1S/C11H24N2O4S/c1-9(8-18(5,15)16)12-6-7-13-10(14)17-11(2,3)4/h9,12H,6-8H2,1-5H3,(H,13,14). The molecule has 0 fully saturated rings. The first-order valence-electron chi connectivity index (χ1n) is 5.87. The molecule has 0 aromatic heterocycles. The predicted molar refractivity (Wildman–Crippen MR) is 71.4 cm³/mol. The second-order valence-electron chi connectivity index (χ2n) is 5.38. The molecule has 0 aromatic rings. The summed E-state index contributed by atoms with van der Waals surface area (Å²) in [5, 5.41) is 5.59. The summed E-state index contributed by atoms with van der Waals surface area (Å²) in [7, 11) is -2.98. The van der Waals surface area contributed by atoms with E-state index in [0.29, 0.717) is 13.1 Å². The molecular weight excluding hydrogens is 256 g/mol. The zero-order valence-corrected chi connectivity index (χ0v) is 12.6. The zero-order chi connectivity index (χ0) is 14.4. The highest BCUT2D eigenvalue weighted by Crippen LogP contribution is 2.05. The Morgan fingerprint density at radius 2 is 1.83 bits per heavy atom. The Hall–Kier alpha value is -0.820. The molecule has 0 spiro atoms. The molecule has 0 aliphatic rings. The first-order valence-corrected chi connectivity index (χ1v) is 7.93. The van der Waals surface area contributed by atoms with E-state index in [9.17, 15) is 13.2 Å². The van der Waals surface area contributed by atoms with Crippen molar-refractivity contribution in [2.45, 2.75) is 39.3 Å². The van der Waals surface area contributed by atoms with Gasteiger partial charge in [-0.05, 0) is 27.7 Å². The number of hydrogen-bond donors (Lipinski definition) is 2. The van der Waals surface area contributed by atoms with Crippen molar-refractivity contribution in [3.8, 4) is 0 Å². The number of hydrogen-bond acceptors (Lipinski definition) is 5. The minimum absolute atomic E-state index is 0.0828. The summed E-state index contributed by atoms with van der Waals surface area (Å²) >= 11 is 0. The number of alkyl carbamates (subject to hydrolysis) is 1. The van der Waals surface area contributed by atoms with Gasteiger partial charge in [-0.25, -0.2) is 13.2 Å². The number of carbonyl (C=O) groups is 1. The molecule has 2 N–H and O–H groups in total. The zero-order valence-electron chi connectivity index (χ0n) is 11.7. The molecular formula is C11H24N2O4S. The Bertz CT molecular complexity index is 360. The molecule has 0 aliphatic carbocycles. The number of ether oxygens (including phenoxy) is 1. The van der Waals surface area contributed by atoms with Crippen molar-refractivity contribution in [1.29, 1.82) is 0 Å². The summed E-state index contributed by atoms with van der Waals surface area (Å²) in [5.41, 5.74) is -0.513. The fraction of sp³-hybridized carbons (Fsp3) is 0.909. The Labute approximate surface area is 109 Å². The fourth-order valence-electron chi connectivity index (χ4n) is 1.31. The lowest BCUT2D eigenvalue weighted by atomic mass is 10.2. The topological polar surface area (TPSA) is 84.5 Å². The maximum Gasteiger partial charge on any atom is 0.407 e. The van der Waals surface area contributed by atoms with Gasteiger partial charge in [0.15, 0.2) is 0 Å². The summed E-state index contributed by atoms with van der Waals surface area (Å²) in [5.74, 6) is 0.0828. The summed E-state index contributed by atoms with van der Waals surface area (Å²) in [6, 6.07) is -0.138. The van der Waals surface area contributed by atoms with E-state index < -0.39 is 21.5 Å². The van der Waals surface area contributed by atoms with E-state index in [2.05, 4.69) is 10.6 Å². The second kappa shape index (κ2) is 6.94. The van der Waals surface area contributed by atoms with E-state index in [0.717, 1.165) is 0 Å². The lowest BCUT2D eigenvalue weighted by Gasteiger charge is -2.20. The van der Waals surface area contributed by atoms with Crippen molar-refractivity contribution in [3.05, 3.63) is 0 Å². The third-order valence-corrected chi connectivity index (χ3v) is 2.94. The number of carbonyl (C=O) groups excluding carboxylic acids is 1. The predicted octanol–water partition coefficient (Wildman–Crippen LogP) is 0.534. The summed E-state index contributed by atoms with van der Waals surface area (Å²) < 4.78 is 27.1. The van der Waals surface area contributed by atoms with E-state index in [1.807, 2.05) is 0 Å². The van der Waals surface area contributed by atoms with Gasteiger partial charge in [-0.1, -0.05) is 0 Å². The van der Waals surface area contributed by atoms with E-state index in [1.54, 1.807) is 27.7 Å². The van der Waals surface area contributed by atoms with Crippen molar-refractivity contribution in [3.63, 3.8) is 0 Å². The van der Waals surface area contributed by atoms with Crippen molar-refractivity contribution >= 4 is 15.9 Å². The third-order valence-electron chi connectivity index (χ3n) is 1.84. The minimum atomic E-state index is -2.98.